The number of ether oxygens (including phenoxy) is 1. The molecule has 0 spiro atoms. The summed E-state index contributed by atoms with van der Waals surface area (Å²) in [7, 11) is 1.68. The van der Waals surface area contributed by atoms with Gasteiger partial charge >= 0.3 is 0 Å². The van der Waals surface area contributed by atoms with Gasteiger partial charge in [0.05, 0.1) is 12.9 Å². The maximum Gasteiger partial charge on any atom is 0.230 e. The Hall–Kier alpha value is -2.91. The Bertz CT molecular complexity index is 1070. The van der Waals surface area contributed by atoms with Crippen LogP contribution in [0.3, 0.4) is 0 Å². The summed E-state index contributed by atoms with van der Waals surface area (Å²) in [6, 6.07) is 18.4. The molecule has 4 rings (SSSR count). The van der Waals surface area contributed by atoms with E-state index in [4.69, 9.17) is 4.74 Å². The summed E-state index contributed by atoms with van der Waals surface area (Å²) >= 11 is 3.14. The van der Waals surface area contributed by atoms with Crippen LogP contribution in [0.15, 0.2) is 70.8 Å². The van der Waals surface area contributed by atoms with Crippen LogP contribution in [0.25, 0.3) is 0 Å². The second-order valence-electron chi connectivity index (χ2n) is 7.80. The van der Waals surface area contributed by atoms with Crippen molar-refractivity contribution < 1.29 is 9.53 Å². The number of hydrogen-bond acceptors (Lipinski definition) is 8. The molecule has 0 aliphatic carbocycles. The highest BCUT2D eigenvalue weighted by Gasteiger charge is 2.19. The van der Waals surface area contributed by atoms with Crippen LogP contribution in [0.5, 0.6) is 5.75 Å². The van der Waals surface area contributed by atoms with Crippen molar-refractivity contribution in [1.29, 1.82) is 0 Å². The van der Waals surface area contributed by atoms with E-state index in [1.54, 1.807) is 25.2 Å². The third-order valence-corrected chi connectivity index (χ3v) is 7.34. The van der Waals surface area contributed by atoms with Crippen molar-refractivity contribution in [3.8, 4) is 5.75 Å². The number of benzene rings is 2. The number of nitrogens with one attached hydrogen (secondary N) is 1. The lowest BCUT2D eigenvalue weighted by atomic mass is 10.2. The van der Waals surface area contributed by atoms with E-state index in [2.05, 4.69) is 55.6 Å². The first-order valence-electron chi connectivity index (χ1n) is 11.1. The van der Waals surface area contributed by atoms with Crippen molar-refractivity contribution >= 4 is 40.9 Å². The predicted molar refractivity (Wildman–Crippen MR) is 140 cm³/mol. The van der Waals surface area contributed by atoms with Gasteiger partial charge in [-0.15, -0.1) is 11.8 Å². The van der Waals surface area contributed by atoms with Gasteiger partial charge in [0.2, 0.25) is 5.91 Å². The summed E-state index contributed by atoms with van der Waals surface area (Å²) in [6.07, 6.45) is 3.63. The zero-order valence-electron chi connectivity index (χ0n) is 19.4. The largest absolute Gasteiger partial charge is 0.497 e. The maximum atomic E-state index is 12.3. The van der Waals surface area contributed by atoms with E-state index < -0.39 is 0 Å². The lowest BCUT2D eigenvalue weighted by Crippen LogP contribution is -2.46. The summed E-state index contributed by atoms with van der Waals surface area (Å²) in [6.45, 7) is 4.12. The number of amides is 1. The van der Waals surface area contributed by atoms with Crippen molar-refractivity contribution in [2.24, 2.45) is 0 Å². The first-order valence-corrected chi connectivity index (χ1v) is 13.3. The summed E-state index contributed by atoms with van der Waals surface area (Å²) < 4.78 is 5.25. The Morgan fingerprint density at radius 2 is 1.71 bits per heavy atom. The van der Waals surface area contributed by atoms with E-state index >= 15 is 0 Å². The number of thioether (sulfide) groups is 2. The lowest BCUT2D eigenvalue weighted by Gasteiger charge is -2.36. The Morgan fingerprint density at radius 3 is 2.38 bits per heavy atom. The average molecular weight is 496 g/mol. The van der Waals surface area contributed by atoms with Crippen LogP contribution in [0.2, 0.25) is 0 Å². The first-order chi connectivity index (χ1) is 16.6. The topological polar surface area (TPSA) is 70.6 Å². The highest BCUT2D eigenvalue weighted by atomic mass is 32.2. The van der Waals surface area contributed by atoms with Crippen LogP contribution >= 0.6 is 23.5 Å². The predicted octanol–water partition coefficient (Wildman–Crippen LogP) is 3.94. The molecular weight excluding hydrogens is 466 g/mol. The molecule has 1 N–H and O–H groups in total. The molecule has 1 saturated heterocycles. The quantitative estimate of drug-likeness (QED) is 0.354. The minimum absolute atomic E-state index is 0.00721. The SMILES string of the molecule is COc1ccc(N2CCN(c3cc(SCC(=O)NCc4ccc(SC)cc4)ncn3)CC2)cc1. The minimum Gasteiger partial charge on any atom is -0.497 e. The number of aromatic nitrogens is 2. The van der Waals surface area contributed by atoms with Gasteiger partial charge < -0.3 is 19.9 Å². The van der Waals surface area contributed by atoms with Gasteiger partial charge in [-0.3, -0.25) is 4.79 Å². The van der Waals surface area contributed by atoms with E-state index in [-0.39, 0.29) is 5.91 Å². The van der Waals surface area contributed by atoms with Crippen molar-refractivity contribution in [2.75, 3.05) is 55.1 Å². The summed E-state index contributed by atoms with van der Waals surface area (Å²) in [5.74, 6) is 2.09. The summed E-state index contributed by atoms with van der Waals surface area (Å²) in [5, 5.41) is 3.79. The highest BCUT2D eigenvalue weighted by molar-refractivity contribution is 7.99. The molecule has 1 aromatic heterocycles. The van der Waals surface area contributed by atoms with Gasteiger partial charge in [0.15, 0.2) is 0 Å². The Morgan fingerprint density at radius 1 is 1.00 bits per heavy atom. The van der Waals surface area contributed by atoms with Gasteiger partial charge in [0, 0.05) is 49.4 Å². The Balaban J connectivity index is 1.24. The summed E-state index contributed by atoms with van der Waals surface area (Å²) in [5.41, 5.74) is 2.29. The van der Waals surface area contributed by atoms with Crippen LogP contribution in [-0.4, -0.2) is 61.2 Å². The van der Waals surface area contributed by atoms with Crippen LogP contribution in [-0.2, 0) is 11.3 Å². The monoisotopic (exact) mass is 495 g/mol. The van der Waals surface area contributed by atoms with E-state index in [0.717, 1.165) is 48.3 Å². The molecule has 1 aliphatic heterocycles. The number of carbonyl (C=O) groups is 1. The van der Waals surface area contributed by atoms with Gasteiger partial charge in [-0.1, -0.05) is 23.9 Å². The Kier molecular flexibility index (Phi) is 8.54. The number of hydrogen-bond donors (Lipinski definition) is 1. The summed E-state index contributed by atoms with van der Waals surface area (Å²) in [4.78, 5) is 27.0. The molecule has 9 heteroatoms. The van der Waals surface area contributed by atoms with Gasteiger partial charge in [-0.25, -0.2) is 9.97 Å². The second kappa shape index (κ2) is 12.0. The molecule has 1 fully saturated rings. The van der Waals surface area contributed by atoms with Crippen LogP contribution in [0, 0.1) is 0 Å². The number of carbonyl (C=O) groups excluding carboxylic acids is 1. The third kappa shape index (κ3) is 6.57. The van der Waals surface area contributed by atoms with E-state index in [1.807, 2.05) is 30.3 Å². The Labute approximate surface area is 209 Å². The van der Waals surface area contributed by atoms with Crippen LogP contribution < -0.4 is 19.9 Å². The number of methoxy groups -OCH3 is 1. The molecule has 0 atom stereocenters. The number of nitrogens with zero attached hydrogens (tertiary/aromatic N) is 4. The highest BCUT2D eigenvalue weighted by Crippen LogP contribution is 2.24. The van der Waals surface area contributed by atoms with Crippen molar-refractivity contribution in [2.45, 2.75) is 16.5 Å². The fourth-order valence-electron chi connectivity index (χ4n) is 3.70. The fourth-order valence-corrected chi connectivity index (χ4v) is 4.80. The standard InChI is InChI=1S/C25H29N5O2S2/c1-32-21-7-5-20(6-8-21)29-11-13-30(14-12-29)23-15-25(28-18-27-23)34-17-24(31)26-16-19-3-9-22(33-2)10-4-19/h3-10,15,18H,11-14,16-17H2,1-2H3,(H,26,31). The van der Waals surface area contributed by atoms with Gasteiger partial charge in [0.1, 0.15) is 22.9 Å². The van der Waals surface area contributed by atoms with E-state index in [9.17, 15) is 4.79 Å². The normalized spacial score (nSPS) is 13.6. The first kappa shape index (κ1) is 24.2. The van der Waals surface area contributed by atoms with Gasteiger partial charge in [-0.2, -0.15) is 0 Å². The molecule has 0 radical (unpaired) electrons. The fraction of sp³-hybridized carbons (Fsp3) is 0.320. The lowest BCUT2D eigenvalue weighted by molar-refractivity contribution is -0.118. The third-order valence-electron chi connectivity index (χ3n) is 5.67. The zero-order chi connectivity index (χ0) is 23.8. The number of rotatable bonds is 9. The van der Waals surface area contributed by atoms with Crippen LogP contribution in [0.1, 0.15) is 5.56 Å². The number of anilines is 2. The molecule has 178 valence electrons. The average Bonchev–Trinajstić information content (AvgIpc) is 2.91. The van der Waals surface area contributed by atoms with Crippen molar-refractivity contribution in [3.63, 3.8) is 0 Å². The second-order valence-corrected chi connectivity index (χ2v) is 9.68. The molecule has 0 saturated carbocycles. The molecule has 0 unspecified atom stereocenters. The molecule has 0 bridgehead atoms. The van der Waals surface area contributed by atoms with E-state index in [1.165, 1.54) is 22.3 Å². The number of piperazine rings is 1. The molecule has 1 aliphatic rings. The molecule has 2 aromatic carbocycles. The molecule has 3 aromatic rings. The zero-order valence-corrected chi connectivity index (χ0v) is 21.1. The molecule has 34 heavy (non-hydrogen) atoms. The minimum atomic E-state index is -0.00721. The molecular formula is C25H29N5O2S2. The van der Waals surface area contributed by atoms with E-state index in [0.29, 0.717) is 12.3 Å². The smallest absolute Gasteiger partial charge is 0.230 e. The van der Waals surface area contributed by atoms with Crippen molar-refractivity contribution in [1.82, 2.24) is 15.3 Å². The maximum absolute atomic E-state index is 12.3. The van der Waals surface area contributed by atoms with Crippen LogP contribution in [0.4, 0.5) is 11.5 Å². The molecule has 1 amide bonds. The van der Waals surface area contributed by atoms with Crippen molar-refractivity contribution in [3.05, 3.63) is 66.5 Å². The van der Waals surface area contributed by atoms with Gasteiger partial charge in [0.25, 0.3) is 0 Å². The molecule has 2 heterocycles. The van der Waals surface area contributed by atoms with Gasteiger partial charge in [-0.05, 0) is 48.2 Å². The molecule has 7 nitrogen and oxygen atoms in total.